The largest absolute Gasteiger partial charge is 0.338 e. The molecule has 1 aromatic heterocycles. The monoisotopic (exact) mass is 347 g/mol. The number of benzene rings is 1. The van der Waals surface area contributed by atoms with E-state index in [1.54, 1.807) is 26.2 Å². The van der Waals surface area contributed by atoms with Gasteiger partial charge in [-0.25, -0.2) is 4.79 Å². The van der Waals surface area contributed by atoms with Crippen LogP contribution in [0.2, 0.25) is 5.02 Å². The molecular weight excluding hydrogens is 330 g/mol. The minimum Gasteiger partial charge on any atom is -0.338 e. The normalized spacial score (nSPS) is 11.0. The fraction of sp³-hybridized carbons (Fsp3) is 0.235. The van der Waals surface area contributed by atoms with Crippen molar-refractivity contribution in [2.24, 2.45) is 14.1 Å². The van der Waals surface area contributed by atoms with E-state index in [9.17, 15) is 14.4 Å². The second kappa shape index (κ2) is 7.31. The van der Waals surface area contributed by atoms with E-state index >= 15 is 0 Å². The Hall–Kier alpha value is -2.60. The number of aromatic nitrogens is 2. The van der Waals surface area contributed by atoms with Crippen LogP contribution in [0.4, 0.5) is 0 Å². The second-order valence-corrected chi connectivity index (χ2v) is 5.93. The third-order valence-electron chi connectivity index (χ3n) is 3.59. The summed E-state index contributed by atoms with van der Waals surface area (Å²) >= 11 is 5.83. The Morgan fingerprint density at radius 1 is 1.21 bits per heavy atom. The predicted octanol–water partition coefficient (Wildman–Crippen LogP) is 1.41. The number of rotatable bonds is 4. The number of halogens is 1. The standard InChI is InChI=1S/C17H18ClN3O3/c1-19(10-12-4-7-14(18)8-5-12)15(22)9-6-13-11-20(2)17(24)21(3)16(13)23/h4-9,11H,10H2,1-3H3/b9-6+. The summed E-state index contributed by atoms with van der Waals surface area (Å²) in [5.41, 5.74) is 0.361. The van der Waals surface area contributed by atoms with Gasteiger partial charge in [-0.2, -0.15) is 0 Å². The van der Waals surface area contributed by atoms with Crippen molar-refractivity contribution in [1.82, 2.24) is 14.0 Å². The summed E-state index contributed by atoms with van der Waals surface area (Å²) in [6.45, 7) is 0.422. The van der Waals surface area contributed by atoms with E-state index in [0.29, 0.717) is 11.6 Å². The number of amides is 1. The highest BCUT2D eigenvalue weighted by molar-refractivity contribution is 6.30. The van der Waals surface area contributed by atoms with Gasteiger partial charge >= 0.3 is 5.69 Å². The summed E-state index contributed by atoms with van der Waals surface area (Å²) in [5.74, 6) is -0.249. The number of aryl methyl sites for hydroxylation is 1. The van der Waals surface area contributed by atoms with E-state index in [4.69, 9.17) is 11.6 Å². The molecule has 0 spiro atoms. The molecule has 6 nitrogen and oxygen atoms in total. The van der Waals surface area contributed by atoms with Crippen molar-refractivity contribution < 1.29 is 4.79 Å². The summed E-state index contributed by atoms with van der Waals surface area (Å²) in [5, 5.41) is 0.637. The SMILES string of the molecule is CN(Cc1ccc(Cl)cc1)C(=O)/C=C/c1cn(C)c(=O)n(C)c1=O. The van der Waals surface area contributed by atoms with Crippen molar-refractivity contribution in [3.05, 3.63) is 73.5 Å². The number of hydrogen-bond donors (Lipinski definition) is 0. The highest BCUT2D eigenvalue weighted by atomic mass is 35.5. The molecule has 7 heteroatoms. The first-order valence-electron chi connectivity index (χ1n) is 7.24. The molecule has 0 atom stereocenters. The maximum Gasteiger partial charge on any atom is 0.330 e. The third kappa shape index (κ3) is 4.02. The lowest BCUT2D eigenvalue weighted by Crippen LogP contribution is -2.37. The molecule has 126 valence electrons. The number of carbonyl (C=O) groups is 1. The first-order valence-corrected chi connectivity index (χ1v) is 7.61. The smallest absolute Gasteiger partial charge is 0.330 e. The average molecular weight is 348 g/mol. The molecule has 24 heavy (non-hydrogen) atoms. The second-order valence-electron chi connectivity index (χ2n) is 5.50. The van der Waals surface area contributed by atoms with Crippen LogP contribution in [0.25, 0.3) is 6.08 Å². The van der Waals surface area contributed by atoms with Crippen LogP contribution in [0.15, 0.2) is 46.1 Å². The molecule has 0 unspecified atom stereocenters. The summed E-state index contributed by atoms with van der Waals surface area (Å²) in [6.07, 6.45) is 4.15. The molecule has 1 amide bonds. The average Bonchev–Trinajstić information content (AvgIpc) is 2.56. The number of hydrogen-bond acceptors (Lipinski definition) is 3. The van der Waals surface area contributed by atoms with E-state index in [-0.39, 0.29) is 11.5 Å². The van der Waals surface area contributed by atoms with Crippen LogP contribution < -0.4 is 11.2 Å². The highest BCUT2D eigenvalue weighted by Crippen LogP contribution is 2.11. The van der Waals surface area contributed by atoms with Gasteiger partial charge in [0.15, 0.2) is 0 Å². The maximum absolute atomic E-state index is 12.2. The van der Waals surface area contributed by atoms with Gasteiger partial charge in [0.25, 0.3) is 5.56 Å². The molecule has 0 saturated heterocycles. The summed E-state index contributed by atoms with van der Waals surface area (Å²) in [7, 11) is 4.62. The van der Waals surface area contributed by atoms with Crippen molar-refractivity contribution in [2.75, 3.05) is 7.05 Å². The zero-order valence-electron chi connectivity index (χ0n) is 13.7. The molecular formula is C17H18ClN3O3. The fourth-order valence-corrected chi connectivity index (χ4v) is 2.31. The molecule has 1 heterocycles. The molecule has 0 N–H and O–H groups in total. The molecule has 1 aromatic carbocycles. The van der Waals surface area contributed by atoms with Crippen molar-refractivity contribution in [3.63, 3.8) is 0 Å². The van der Waals surface area contributed by atoms with Crippen molar-refractivity contribution in [3.8, 4) is 0 Å². The van der Waals surface area contributed by atoms with Crippen molar-refractivity contribution in [1.29, 1.82) is 0 Å². The van der Waals surface area contributed by atoms with E-state index in [2.05, 4.69) is 0 Å². The Morgan fingerprint density at radius 3 is 2.46 bits per heavy atom. The van der Waals surface area contributed by atoms with Gasteiger partial charge in [0.2, 0.25) is 5.91 Å². The van der Waals surface area contributed by atoms with E-state index in [1.165, 1.54) is 34.9 Å². The molecule has 0 aliphatic carbocycles. The number of nitrogens with zero attached hydrogens (tertiary/aromatic N) is 3. The fourth-order valence-electron chi connectivity index (χ4n) is 2.18. The molecule has 0 aliphatic heterocycles. The van der Waals surface area contributed by atoms with Crippen LogP contribution in [-0.4, -0.2) is 27.0 Å². The Morgan fingerprint density at radius 2 is 1.83 bits per heavy atom. The van der Waals surface area contributed by atoms with Crippen LogP contribution in [0.1, 0.15) is 11.1 Å². The van der Waals surface area contributed by atoms with Gasteiger partial charge < -0.3 is 9.47 Å². The summed E-state index contributed by atoms with van der Waals surface area (Å²) in [6, 6.07) is 7.22. The molecule has 0 fully saturated rings. The Kier molecular flexibility index (Phi) is 5.41. The molecule has 0 bridgehead atoms. The predicted molar refractivity (Wildman–Crippen MR) is 93.9 cm³/mol. The Balaban J connectivity index is 2.14. The maximum atomic E-state index is 12.2. The lowest BCUT2D eigenvalue weighted by atomic mass is 10.2. The van der Waals surface area contributed by atoms with Gasteiger partial charge in [-0.15, -0.1) is 0 Å². The molecule has 0 saturated carbocycles. The quantitative estimate of drug-likeness (QED) is 0.785. The van der Waals surface area contributed by atoms with Crippen molar-refractivity contribution >= 4 is 23.6 Å². The Labute approximate surface area is 144 Å². The lowest BCUT2D eigenvalue weighted by molar-refractivity contribution is -0.125. The van der Waals surface area contributed by atoms with Gasteiger partial charge in [-0.05, 0) is 23.8 Å². The zero-order chi connectivity index (χ0) is 17.9. The first kappa shape index (κ1) is 17.7. The third-order valence-corrected chi connectivity index (χ3v) is 3.84. The van der Waals surface area contributed by atoms with Crippen LogP contribution >= 0.6 is 11.6 Å². The molecule has 2 rings (SSSR count). The molecule has 2 aromatic rings. The van der Waals surface area contributed by atoms with Crippen LogP contribution in [0, 0.1) is 0 Å². The van der Waals surface area contributed by atoms with Crippen LogP contribution in [0.5, 0.6) is 0 Å². The van der Waals surface area contributed by atoms with Crippen LogP contribution in [0.3, 0.4) is 0 Å². The summed E-state index contributed by atoms with van der Waals surface area (Å²) < 4.78 is 2.30. The van der Waals surface area contributed by atoms with Gasteiger partial charge in [0, 0.05) is 45.0 Å². The van der Waals surface area contributed by atoms with Gasteiger partial charge in [-0.1, -0.05) is 23.7 Å². The summed E-state index contributed by atoms with van der Waals surface area (Å²) in [4.78, 5) is 37.3. The van der Waals surface area contributed by atoms with Gasteiger partial charge in [0.05, 0.1) is 5.56 Å². The van der Waals surface area contributed by atoms with Crippen LogP contribution in [-0.2, 0) is 25.4 Å². The number of carbonyl (C=O) groups excluding carboxylic acids is 1. The first-order chi connectivity index (χ1) is 11.3. The topological polar surface area (TPSA) is 64.3 Å². The van der Waals surface area contributed by atoms with E-state index < -0.39 is 11.2 Å². The van der Waals surface area contributed by atoms with E-state index in [0.717, 1.165) is 10.1 Å². The number of likely N-dealkylation sites (N-methyl/N-ethyl adjacent to an activating group) is 1. The zero-order valence-corrected chi connectivity index (χ0v) is 14.4. The van der Waals surface area contributed by atoms with E-state index in [1.807, 2.05) is 12.1 Å². The van der Waals surface area contributed by atoms with Gasteiger partial charge in [-0.3, -0.25) is 14.2 Å². The molecule has 0 aliphatic rings. The Bertz CT molecular complexity index is 895. The lowest BCUT2D eigenvalue weighted by Gasteiger charge is -2.15. The van der Waals surface area contributed by atoms with Gasteiger partial charge in [0.1, 0.15) is 0 Å². The minimum absolute atomic E-state index is 0.249. The van der Waals surface area contributed by atoms with Crippen molar-refractivity contribution in [2.45, 2.75) is 6.54 Å². The highest BCUT2D eigenvalue weighted by Gasteiger charge is 2.08. The minimum atomic E-state index is -0.442. The molecule has 0 radical (unpaired) electrons.